The normalized spacial score (nSPS) is 17.5. The van der Waals surface area contributed by atoms with E-state index in [1.807, 2.05) is 13.1 Å². The molecule has 0 radical (unpaired) electrons. The second kappa shape index (κ2) is 6.19. The van der Waals surface area contributed by atoms with Gasteiger partial charge in [0.05, 0.1) is 6.61 Å². The summed E-state index contributed by atoms with van der Waals surface area (Å²) < 4.78 is 13.7. The van der Waals surface area contributed by atoms with Crippen molar-refractivity contribution in [3.05, 3.63) is 29.6 Å². The van der Waals surface area contributed by atoms with Crippen LogP contribution in [0.15, 0.2) is 18.2 Å². The van der Waals surface area contributed by atoms with Crippen LogP contribution in [0.4, 0.5) is 10.1 Å². The van der Waals surface area contributed by atoms with Gasteiger partial charge in [-0.05, 0) is 25.0 Å². The summed E-state index contributed by atoms with van der Waals surface area (Å²) >= 11 is 0. The fourth-order valence-electron chi connectivity index (χ4n) is 2.88. The van der Waals surface area contributed by atoms with E-state index in [0.717, 1.165) is 18.5 Å². The predicted molar refractivity (Wildman–Crippen MR) is 72.2 cm³/mol. The van der Waals surface area contributed by atoms with Gasteiger partial charge in [0.25, 0.3) is 0 Å². The van der Waals surface area contributed by atoms with Crippen molar-refractivity contribution in [3.63, 3.8) is 0 Å². The van der Waals surface area contributed by atoms with Crippen LogP contribution in [-0.4, -0.2) is 18.2 Å². The van der Waals surface area contributed by atoms with Crippen molar-refractivity contribution in [2.75, 3.05) is 11.9 Å². The fraction of sp³-hybridized carbons (Fsp3) is 0.600. The third kappa shape index (κ3) is 2.83. The first-order valence-corrected chi connectivity index (χ1v) is 6.85. The van der Waals surface area contributed by atoms with Crippen LogP contribution in [-0.2, 0) is 6.61 Å². The largest absolute Gasteiger partial charge is 0.391 e. The van der Waals surface area contributed by atoms with Crippen LogP contribution in [0.2, 0.25) is 0 Å². The molecule has 100 valence electrons. The van der Waals surface area contributed by atoms with E-state index in [-0.39, 0.29) is 12.4 Å². The van der Waals surface area contributed by atoms with Gasteiger partial charge in [-0.2, -0.15) is 0 Å². The fourth-order valence-corrected chi connectivity index (χ4v) is 2.88. The van der Waals surface area contributed by atoms with Crippen LogP contribution < -0.4 is 4.90 Å². The molecule has 1 fully saturated rings. The maximum Gasteiger partial charge on any atom is 0.130 e. The van der Waals surface area contributed by atoms with Crippen molar-refractivity contribution in [1.82, 2.24) is 0 Å². The second-order valence-electron chi connectivity index (χ2n) is 5.15. The van der Waals surface area contributed by atoms with Gasteiger partial charge in [0.2, 0.25) is 0 Å². The zero-order chi connectivity index (χ0) is 13.0. The van der Waals surface area contributed by atoms with Crippen LogP contribution in [0.25, 0.3) is 0 Å². The maximum atomic E-state index is 13.7. The molecule has 0 bridgehead atoms. The summed E-state index contributed by atoms with van der Waals surface area (Å²) in [5, 5.41) is 9.34. The van der Waals surface area contributed by atoms with Crippen molar-refractivity contribution in [1.29, 1.82) is 0 Å². The lowest BCUT2D eigenvalue weighted by Gasteiger charge is -2.31. The summed E-state index contributed by atoms with van der Waals surface area (Å²) in [5.74, 6) is -0.310. The Hall–Kier alpha value is -1.09. The van der Waals surface area contributed by atoms with Crippen LogP contribution in [0.3, 0.4) is 0 Å². The number of rotatable bonds is 3. The summed E-state index contributed by atoms with van der Waals surface area (Å²) in [6, 6.07) is 5.51. The molecule has 0 atom stereocenters. The number of nitrogens with zero attached hydrogens (tertiary/aromatic N) is 1. The number of hydrogen-bond acceptors (Lipinski definition) is 2. The minimum atomic E-state index is -0.310. The van der Waals surface area contributed by atoms with Gasteiger partial charge in [0, 0.05) is 24.3 Å². The summed E-state index contributed by atoms with van der Waals surface area (Å²) in [6.07, 6.45) is 7.44. The predicted octanol–water partition coefficient (Wildman–Crippen LogP) is 3.48. The van der Waals surface area contributed by atoms with Crippen molar-refractivity contribution >= 4 is 5.69 Å². The highest BCUT2D eigenvalue weighted by molar-refractivity contribution is 5.54. The number of hydrogen-bond donors (Lipinski definition) is 1. The van der Waals surface area contributed by atoms with Gasteiger partial charge in [-0.25, -0.2) is 4.39 Å². The molecule has 0 heterocycles. The third-order valence-corrected chi connectivity index (χ3v) is 4.00. The summed E-state index contributed by atoms with van der Waals surface area (Å²) in [5.41, 5.74) is 1.26. The first-order chi connectivity index (χ1) is 8.74. The highest BCUT2D eigenvalue weighted by Crippen LogP contribution is 2.29. The van der Waals surface area contributed by atoms with Crippen molar-refractivity contribution in [2.24, 2.45) is 0 Å². The van der Waals surface area contributed by atoms with E-state index < -0.39 is 0 Å². The molecule has 0 aliphatic heterocycles. The molecule has 0 saturated heterocycles. The molecule has 1 aromatic rings. The highest BCUT2D eigenvalue weighted by Gasteiger charge is 2.20. The lowest BCUT2D eigenvalue weighted by molar-refractivity contribution is 0.275. The van der Waals surface area contributed by atoms with Crippen molar-refractivity contribution in [2.45, 2.75) is 51.2 Å². The maximum absolute atomic E-state index is 13.7. The molecule has 1 saturated carbocycles. The molecule has 1 aliphatic rings. The number of anilines is 1. The Balaban J connectivity index is 2.21. The Morgan fingerprint density at radius 3 is 2.50 bits per heavy atom. The summed E-state index contributed by atoms with van der Waals surface area (Å²) in [4.78, 5) is 2.15. The summed E-state index contributed by atoms with van der Waals surface area (Å²) in [7, 11) is 2.02. The Kier molecular flexibility index (Phi) is 4.59. The average molecular weight is 251 g/mol. The van der Waals surface area contributed by atoms with Gasteiger partial charge in [0.15, 0.2) is 0 Å². The minimum Gasteiger partial charge on any atom is -0.391 e. The molecule has 0 aromatic heterocycles. The zero-order valence-corrected chi connectivity index (χ0v) is 11.0. The van der Waals surface area contributed by atoms with Gasteiger partial charge >= 0.3 is 0 Å². The lowest BCUT2D eigenvalue weighted by atomic mass is 10.0. The van der Waals surface area contributed by atoms with E-state index >= 15 is 0 Å². The molecule has 1 N–H and O–H groups in total. The number of aliphatic hydroxyl groups is 1. The minimum absolute atomic E-state index is 0.237. The Morgan fingerprint density at radius 1 is 1.22 bits per heavy atom. The molecular weight excluding hydrogens is 229 g/mol. The second-order valence-corrected chi connectivity index (χ2v) is 5.15. The van der Waals surface area contributed by atoms with E-state index in [0.29, 0.717) is 11.6 Å². The van der Waals surface area contributed by atoms with Gasteiger partial charge in [-0.3, -0.25) is 0 Å². The molecule has 0 spiro atoms. The molecule has 3 heteroatoms. The molecule has 2 rings (SSSR count). The first-order valence-electron chi connectivity index (χ1n) is 6.85. The van der Waals surface area contributed by atoms with E-state index in [1.165, 1.54) is 31.7 Å². The first kappa shape index (κ1) is 13.3. The van der Waals surface area contributed by atoms with Crippen LogP contribution in [0, 0.1) is 5.82 Å². The Morgan fingerprint density at radius 2 is 1.89 bits per heavy atom. The van der Waals surface area contributed by atoms with E-state index in [9.17, 15) is 9.50 Å². The van der Waals surface area contributed by atoms with Crippen LogP contribution in [0.5, 0.6) is 0 Å². The molecule has 0 amide bonds. The SMILES string of the molecule is CN(c1cccc(F)c1CO)C1CCCCCC1. The lowest BCUT2D eigenvalue weighted by Crippen LogP contribution is -2.32. The topological polar surface area (TPSA) is 23.5 Å². The van der Waals surface area contributed by atoms with Gasteiger partial charge in [0.1, 0.15) is 5.82 Å². The molecule has 2 nitrogen and oxygen atoms in total. The van der Waals surface area contributed by atoms with Gasteiger partial charge in [-0.1, -0.05) is 31.7 Å². The monoisotopic (exact) mass is 251 g/mol. The zero-order valence-electron chi connectivity index (χ0n) is 11.0. The Bertz CT molecular complexity index is 386. The molecular formula is C15H22FNO. The summed E-state index contributed by atoms with van der Waals surface area (Å²) in [6.45, 7) is -0.237. The highest BCUT2D eigenvalue weighted by atomic mass is 19.1. The van der Waals surface area contributed by atoms with Crippen LogP contribution in [0.1, 0.15) is 44.1 Å². The standard InChI is InChI=1S/C15H22FNO/c1-17(12-7-4-2-3-5-8-12)15-10-6-9-14(16)13(15)11-18/h6,9-10,12,18H,2-5,7-8,11H2,1H3. The Labute approximate surface area is 108 Å². The van der Waals surface area contributed by atoms with E-state index in [4.69, 9.17) is 0 Å². The van der Waals surface area contributed by atoms with Crippen molar-refractivity contribution < 1.29 is 9.50 Å². The van der Waals surface area contributed by atoms with E-state index in [2.05, 4.69) is 4.90 Å². The number of benzene rings is 1. The van der Waals surface area contributed by atoms with Gasteiger partial charge < -0.3 is 10.0 Å². The molecule has 1 aromatic carbocycles. The van der Waals surface area contributed by atoms with Crippen molar-refractivity contribution in [3.8, 4) is 0 Å². The van der Waals surface area contributed by atoms with Gasteiger partial charge in [-0.15, -0.1) is 0 Å². The molecule has 18 heavy (non-hydrogen) atoms. The van der Waals surface area contributed by atoms with Crippen LogP contribution >= 0.6 is 0 Å². The van der Waals surface area contributed by atoms with E-state index in [1.54, 1.807) is 6.07 Å². The number of halogens is 1. The smallest absolute Gasteiger partial charge is 0.130 e. The third-order valence-electron chi connectivity index (χ3n) is 4.00. The molecule has 0 unspecified atom stereocenters. The molecule has 1 aliphatic carbocycles. The number of aliphatic hydroxyl groups excluding tert-OH is 1. The average Bonchev–Trinajstić information content (AvgIpc) is 2.66. The quantitative estimate of drug-likeness (QED) is 0.831.